The molecule has 0 aromatic carbocycles. The molecule has 0 heterocycles. The van der Waals surface area contributed by atoms with E-state index in [9.17, 15) is 0 Å². The molecule has 0 radical (unpaired) electrons. The zero-order chi connectivity index (χ0) is 11.3. The largest absolute Gasteiger partial charge is 0.362 e. The summed E-state index contributed by atoms with van der Waals surface area (Å²) in [6.07, 6.45) is 3.82. The van der Waals surface area contributed by atoms with Gasteiger partial charge in [-0.1, -0.05) is 20.3 Å². The maximum atomic E-state index is 5.07. The van der Waals surface area contributed by atoms with Crippen molar-refractivity contribution in [3.63, 3.8) is 0 Å². The highest BCUT2D eigenvalue weighted by molar-refractivity contribution is 7.80. The van der Waals surface area contributed by atoms with E-state index in [1.165, 1.54) is 25.0 Å². The first-order chi connectivity index (χ1) is 7.15. The summed E-state index contributed by atoms with van der Waals surface area (Å²) in [4.78, 5) is 0. The highest BCUT2D eigenvalue weighted by Crippen LogP contribution is 2.25. The van der Waals surface area contributed by atoms with Crippen LogP contribution in [0.5, 0.6) is 0 Å². The Bertz CT molecular complexity index is 238. The Labute approximate surface area is 97.7 Å². The van der Waals surface area contributed by atoms with E-state index in [1.807, 2.05) is 6.92 Å². The summed E-state index contributed by atoms with van der Waals surface area (Å²) < 4.78 is 0. The molecule has 1 fully saturated rings. The second-order valence-corrected chi connectivity index (χ2v) is 4.65. The van der Waals surface area contributed by atoms with Crippen molar-refractivity contribution in [2.45, 2.75) is 40.0 Å². The molecule has 3 nitrogen and oxygen atoms in total. The molecule has 0 saturated heterocycles. The molecule has 4 heteroatoms. The van der Waals surface area contributed by atoms with Crippen LogP contribution in [0.1, 0.15) is 40.0 Å². The molecule has 0 spiro atoms. The third kappa shape index (κ3) is 3.78. The lowest BCUT2D eigenvalue weighted by Crippen LogP contribution is -2.35. The SMILES string of the molecule is CCNC(=S)NN=C1[C@H](C)CCC[C@@H]1C. The molecule has 86 valence electrons. The molecule has 1 rings (SSSR count). The minimum Gasteiger partial charge on any atom is -0.362 e. The van der Waals surface area contributed by atoms with Crippen molar-refractivity contribution in [1.82, 2.24) is 10.7 Å². The van der Waals surface area contributed by atoms with Crippen LogP contribution < -0.4 is 10.7 Å². The zero-order valence-corrected chi connectivity index (χ0v) is 10.7. The zero-order valence-electron chi connectivity index (χ0n) is 9.84. The van der Waals surface area contributed by atoms with Crippen molar-refractivity contribution in [2.75, 3.05) is 6.54 Å². The fourth-order valence-electron chi connectivity index (χ4n) is 2.05. The summed E-state index contributed by atoms with van der Waals surface area (Å²) in [6, 6.07) is 0. The molecule has 0 aromatic rings. The lowest BCUT2D eigenvalue weighted by Gasteiger charge is -2.26. The fourth-order valence-corrected chi connectivity index (χ4v) is 2.24. The van der Waals surface area contributed by atoms with E-state index in [4.69, 9.17) is 12.2 Å². The van der Waals surface area contributed by atoms with Crippen molar-refractivity contribution in [2.24, 2.45) is 16.9 Å². The van der Waals surface area contributed by atoms with Gasteiger partial charge in [-0.05, 0) is 43.8 Å². The van der Waals surface area contributed by atoms with Crippen LogP contribution in [0.4, 0.5) is 0 Å². The number of rotatable bonds is 2. The van der Waals surface area contributed by atoms with Gasteiger partial charge >= 0.3 is 0 Å². The average Bonchev–Trinajstić information content (AvgIpc) is 2.17. The van der Waals surface area contributed by atoms with Crippen LogP contribution in [0.25, 0.3) is 0 Å². The first kappa shape index (κ1) is 12.4. The van der Waals surface area contributed by atoms with Crippen LogP contribution in [0.15, 0.2) is 5.10 Å². The van der Waals surface area contributed by atoms with E-state index in [2.05, 4.69) is 29.7 Å². The average molecular weight is 227 g/mol. The third-order valence-corrected chi connectivity index (χ3v) is 3.14. The van der Waals surface area contributed by atoms with Gasteiger partial charge in [0.05, 0.1) is 0 Å². The number of hydrogen-bond acceptors (Lipinski definition) is 2. The quantitative estimate of drug-likeness (QED) is 0.561. The van der Waals surface area contributed by atoms with Crippen LogP contribution in [-0.2, 0) is 0 Å². The van der Waals surface area contributed by atoms with E-state index < -0.39 is 0 Å². The summed E-state index contributed by atoms with van der Waals surface area (Å²) >= 11 is 5.07. The molecule has 1 aliphatic carbocycles. The molecular formula is C11H21N3S. The van der Waals surface area contributed by atoms with Crippen molar-refractivity contribution >= 4 is 23.0 Å². The Morgan fingerprint density at radius 1 is 1.40 bits per heavy atom. The molecular weight excluding hydrogens is 206 g/mol. The number of hydrogen-bond donors (Lipinski definition) is 2. The number of nitrogens with one attached hydrogen (secondary N) is 2. The van der Waals surface area contributed by atoms with E-state index in [1.54, 1.807) is 0 Å². The van der Waals surface area contributed by atoms with Crippen LogP contribution in [-0.4, -0.2) is 17.4 Å². The van der Waals surface area contributed by atoms with Gasteiger partial charge in [0.1, 0.15) is 0 Å². The van der Waals surface area contributed by atoms with Gasteiger partial charge < -0.3 is 5.32 Å². The van der Waals surface area contributed by atoms with Gasteiger partial charge in [-0.3, -0.25) is 5.43 Å². The summed E-state index contributed by atoms with van der Waals surface area (Å²) in [5.74, 6) is 1.18. The maximum absolute atomic E-state index is 5.07. The standard InChI is InChI=1S/C11H21N3S/c1-4-12-11(15)14-13-10-8(2)6-5-7-9(10)3/h8-9H,4-7H2,1-3H3,(H2,12,14,15)/t8-,9+. The Kier molecular flexibility index (Phi) is 5.02. The second-order valence-electron chi connectivity index (χ2n) is 4.24. The van der Waals surface area contributed by atoms with E-state index in [0.29, 0.717) is 16.9 Å². The smallest absolute Gasteiger partial charge is 0.186 e. The summed E-state index contributed by atoms with van der Waals surface area (Å²) in [7, 11) is 0. The number of nitrogens with zero attached hydrogens (tertiary/aromatic N) is 1. The summed E-state index contributed by atoms with van der Waals surface area (Å²) in [6.45, 7) is 7.34. The van der Waals surface area contributed by atoms with Crippen molar-refractivity contribution in [1.29, 1.82) is 0 Å². The molecule has 2 N–H and O–H groups in total. The van der Waals surface area contributed by atoms with Gasteiger partial charge in [0, 0.05) is 12.3 Å². The Hall–Kier alpha value is -0.640. The van der Waals surface area contributed by atoms with Gasteiger partial charge in [0.25, 0.3) is 0 Å². The van der Waals surface area contributed by atoms with E-state index in [0.717, 1.165) is 6.54 Å². The lowest BCUT2D eigenvalue weighted by molar-refractivity contribution is 0.484. The lowest BCUT2D eigenvalue weighted by atomic mass is 9.81. The maximum Gasteiger partial charge on any atom is 0.186 e. The molecule has 15 heavy (non-hydrogen) atoms. The van der Waals surface area contributed by atoms with Crippen LogP contribution >= 0.6 is 12.2 Å². The van der Waals surface area contributed by atoms with Gasteiger partial charge in [-0.2, -0.15) is 5.10 Å². The topological polar surface area (TPSA) is 36.4 Å². The van der Waals surface area contributed by atoms with E-state index >= 15 is 0 Å². The molecule has 0 aliphatic heterocycles. The Balaban J connectivity index is 2.51. The van der Waals surface area contributed by atoms with Gasteiger partial charge in [-0.25, -0.2) is 0 Å². The Morgan fingerprint density at radius 2 is 2.00 bits per heavy atom. The van der Waals surface area contributed by atoms with Gasteiger partial charge in [0.2, 0.25) is 0 Å². The highest BCUT2D eigenvalue weighted by Gasteiger charge is 2.22. The van der Waals surface area contributed by atoms with Gasteiger partial charge in [0.15, 0.2) is 5.11 Å². The molecule has 0 aromatic heterocycles. The second kappa shape index (κ2) is 6.05. The van der Waals surface area contributed by atoms with Crippen LogP contribution in [0.3, 0.4) is 0 Å². The monoisotopic (exact) mass is 227 g/mol. The molecule has 2 atom stereocenters. The van der Waals surface area contributed by atoms with E-state index in [-0.39, 0.29) is 0 Å². The molecule has 1 aliphatic rings. The molecule has 0 bridgehead atoms. The number of thiocarbonyl (C=S) groups is 1. The molecule has 1 saturated carbocycles. The van der Waals surface area contributed by atoms with Crippen molar-refractivity contribution in [3.05, 3.63) is 0 Å². The fraction of sp³-hybridized carbons (Fsp3) is 0.818. The first-order valence-corrected chi connectivity index (χ1v) is 6.17. The van der Waals surface area contributed by atoms with Crippen LogP contribution in [0, 0.1) is 11.8 Å². The molecule has 0 unspecified atom stereocenters. The predicted molar refractivity (Wildman–Crippen MR) is 69.0 cm³/mol. The summed E-state index contributed by atoms with van der Waals surface area (Å²) in [5.41, 5.74) is 4.19. The highest BCUT2D eigenvalue weighted by atomic mass is 32.1. The van der Waals surface area contributed by atoms with Gasteiger partial charge in [-0.15, -0.1) is 0 Å². The number of hydrazone groups is 1. The van der Waals surface area contributed by atoms with Crippen molar-refractivity contribution in [3.8, 4) is 0 Å². The first-order valence-electron chi connectivity index (χ1n) is 5.76. The van der Waals surface area contributed by atoms with Crippen molar-refractivity contribution < 1.29 is 0 Å². The minimum absolute atomic E-state index is 0.589. The predicted octanol–water partition coefficient (Wildman–Crippen LogP) is 2.28. The molecule has 0 amide bonds. The van der Waals surface area contributed by atoms with Crippen LogP contribution in [0.2, 0.25) is 0 Å². The summed E-state index contributed by atoms with van der Waals surface area (Å²) in [5, 5.41) is 8.08. The third-order valence-electron chi connectivity index (χ3n) is 2.91. The minimum atomic E-state index is 0.589. The normalized spacial score (nSPS) is 28.9. The Morgan fingerprint density at radius 3 is 2.53 bits per heavy atom.